The van der Waals surface area contributed by atoms with E-state index >= 15 is 0 Å². The Bertz CT molecular complexity index is 1440. The SMILES string of the molecule is COc1ccc(/C=C/C(=O)c2c3[nH]c4ccccc4c3cc[n+]2Cc2ccccc2)cc1.[Br-]. The van der Waals surface area contributed by atoms with E-state index in [9.17, 15) is 4.79 Å². The number of carbonyl (C=O) groups excluding carboxylic acids is 1. The van der Waals surface area contributed by atoms with Gasteiger partial charge in [-0.05, 0) is 29.8 Å². The molecule has 0 atom stereocenters. The molecule has 0 spiro atoms. The molecule has 0 aliphatic heterocycles. The van der Waals surface area contributed by atoms with E-state index in [4.69, 9.17) is 4.74 Å². The van der Waals surface area contributed by atoms with Crippen molar-refractivity contribution in [3.63, 3.8) is 0 Å². The first kappa shape index (κ1) is 22.5. The van der Waals surface area contributed by atoms with Gasteiger partial charge in [-0.1, -0.05) is 66.7 Å². The zero-order chi connectivity index (χ0) is 21.9. The Morgan fingerprint density at radius 2 is 1.64 bits per heavy atom. The highest BCUT2D eigenvalue weighted by Gasteiger charge is 2.24. The Morgan fingerprint density at radius 1 is 0.909 bits per heavy atom. The van der Waals surface area contributed by atoms with Gasteiger partial charge in [-0.3, -0.25) is 4.79 Å². The second-order valence-electron chi connectivity index (χ2n) is 7.71. The molecule has 0 unspecified atom stereocenters. The Morgan fingerprint density at radius 3 is 2.39 bits per heavy atom. The molecular formula is C28H23BrN2O2. The second-order valence-corrected chi connectivity index (χ2v) is 7.71. The summed E-state index contributed by atoms with van der Waals surface area (Å²) in [7, 11) is 1.64. The third-order valence-electron chi connectivity index (χ3n) is 5.66. The summed E-state index contributed by atoms with van der Waals surface area (Å²) < 4.78 is 7.24. The van der Waals surface area contributed by atoms with Crippen LogP contribution in [-0.2, 0) is 6.54 Å². The zero-order valence-electron chi connectivity index (χ0n) is 18.2. The standard InChI is InChI=1S/C28H22N2O2.BrH/c1-32-22-14-11-20(12-15-22)13-16-26(31)28-27-24(23-9-5-6-10-25(23)29-27)17-18-30(28)19-21-7-3-2-4-8-21;/h2-18H,19H2,1H3;1H/b16-13+;. The quantitative estimate of drug-likeness (QED) is 0.222. The number of fused-ring (bicyclic) bond motifs is 3. The van der Waals surface area contributed by atoms with E-state index in [0.717, 1.165) is 38.7 Å². The largest absolute Gasteiger partial charge is 1.00 e. The number of pyridine rings is 1. The molecule has 2 aromatic heterocycles. The Labute approximate surface area is 202 Å². The molecule has 0 saturated heterocycles. The summed E-state index contributed by atoms with van der Waals surface area (Å²) in [6.45, 7) is 0.615. The van der Waals surface area contributed by atoms with Gasteiger partial charge in [0, 0.05) is 27.9 Å². The van der Waals surface area contributed by atoms with Crippen LogP contribution in [0.4, 0.5) is 0 Å². The molecule has 1 N–H and O–H groups in total. The highest BCUT2D eigenvalue weighted by molar-refractivity contribution is 6.16. The van der Waals surface area contributed by atoms with Gasteiger partial charge >= 0.3 is 0 Å². The Hall–Kier alpha value is -3.70. The fourth-order valence-corrected chi connectivity index (χ4v) is 4.05. The molecule has 33 heavy (non-hydrogen) atoms. The van der Waals surface area contributed by atoms with Gasteiger partial charge in [0.15, 0.2) is 12.7 Å². The number of hydrogen-bond donors (Lipinski definition) is 1. The van der Waals surface area contributed by atoms with Crippen LogP contribution in [0.3, 0.4) is 0 Å². The average Bonchev–Trinajstić information content (AvgIpc) is 3.22. The van der Waals surface area contributed by atoms with E-state index in [2.05, 4.69) is 29.2 Å². The molecule has 5 rings (SSSR count). The van der Waals surface area contributed by atoms with Crippen LogP contribution in [0.25, 0.3) is 27.9 Å². The summed E-state index contributed by atoms with van der Waals surface area (Å²) in [6.07, 6.45) is 5.49. The fourth-order valence-electron chi connectivity index (χ4n) is 4.05. The van der Waals surface area contributed by atoms with Crippen molar-refractivity contribution < 1.29 is 31.1 Å². The number of hydrogen-bond acceptors (Lipinski definition) is 2. The molecule has 3 aromatic carbocycles. The molecule has 0 fully saturated rings. The number of H-pyrrole nitrogens is 1. The van der Waals surface area contributed by atoms with Gasteiger partial charge in [0.05, 0.1) is 7.11 Å². The molecule has 2 heterocycles. The van der Waals surface area contributed by atoms with Gasteiger partial charge in [-0.15, -0.1) is 0 Å². The minimum atomic E-state index is -0.0473. The van der Waals surface area contributed by atoms with Gasteiger partial charge in [-0.2, -0.15) is 4.57 Å². The van der Waals surface area contributed by atoms with Crippen LogP contribution in [-0.4, -0.2) is 17.9 Å². The van der Waals surface area contributed by atoms with E-state index in [1.165, 1.54) is 0 Å². The van der Waals surface area contributed by atoms with Gasteiger partial charge in [0.2, 0.25) is 0 Å². The minimum absolute atomic E-state index is 0. The third kappa shape index (κ3) is 4.59. The number of nitrogens with zero attached hydrogens (tertiary/aromatic N) is 1. The van der Waals surface area contributed by atoms with Crippen molar-refractivity contribution in [1.29, 1.82) is 0 Å². The minimum Gasteiger partial charge on any atom is -1.00 e. The summed E-state index contributed by atoms with van der Waals surface area (Å²) in [5, 5.41) is 2.16. The first-order valence-electron chi connectivity index (χ1n) is 10.6. The number of aromatic amines is 1. The lowest BCUT2D eigenvalue weighted by Gasteiger charge is -2.04. The highest BCUT2D eigenvalue weighted by atomic mass is 79.9. The average molecular weight is 499 g/mol. The number of methoxy groups -OCH3 is 1. The van der Waals surface area contributed by atoms with Gasteiger partial charge in [0.1, 0.15) is 11.3 Å². The third-order valence-corrected chi connectivity index (χ3v) is 5.66. The topological polar surface area (TPSA) is 46.0 Å². The van der Waals surface area contributed by atoms with Crippen LogP contribution < -0.4 is 26.3 Å². The number of ketones is 1. The van der Waals surface area contributed by atoms with Crippen molar-refractivity contribution in [3.05, 3.63) is 114 Å². The summed E-state index contributed by atoms with van der Waals surface area (Å²) >= 11 is 0. The molecule has 0 bridgehead atoms. The highest BCUT2D eigenvalue weighted by Crippen LogP contribution is 2.26. The lowest BCUT2D eigenvalue weighted by Crippen LogP contribution is -3.00. The van der Waals surface area contributed by atoms with E-state index in [1.807, 2.05) is 77.5 Å². The monoisotopic (exact) mass is 498 g/mol. The molecule has 0 aliphatic rings. The molecule has 0 radical (unpaired) electrons. The number of rotatable bonds is 6. The Balaban J connectivity index is 0.00000259. The lowest BCUT2D eigenvalue weighted by atomic mass is 10.1. The van der Waals surface area contributed by atoms with Gasteiger partial charge in [0.25, 0.3) is 11.5 Å². The lowest BCUT2D eigenvalue weighted by molar-refractivity contribution is -0.688. The van der Waals surface area contributed by atoms with Crippen LogP contribution >= 0.6 is 0 Å². The maximum atomic E-state index is 13.5. The van der Waals surface area contributed by atoms with Crippen LogP contribution in [0.15, 0.2) is 97.2 Å². The van der Waals surface area contributed by atoms with E-state index in [1.54, 1.807) is 13.2 Å². The molecule has 5 aromatic rings. The van der Waals surface area contributed by atoms with E-state index in [0.29, 0.717) is 12.2 Å². The van der Waals surface area contributed by atoms with E-state index < -0.39 is 0 Å². The molecule has 5 heteroatoms. The van der Waals surface area contributed by atoms with E-state index in [-0.39, 0.29) is 22.8 Å². The van der Waals surface area contributed by atoms with Crippen molar-refractivity contribution in [2.75, 3.05) is 7.11 Å². The van der Waals surface area contributed by atoms with Crippen LogP contribution in [0, 0.1) is 0 Å². The number of para-hydroxylation sites is 1. The van der Waals surface area contributed by atoms with Crippen LogP contribution in [0.1, 0.15) is 21.6 Å². The number of carbonyl (C=O) groups is 1. The van der Waals surface area contributed by atoms with Crippen molar-refractivity contribution >= 4 is 33.7 Å². The van der Waals surface area contributed by atoms with Crippen molar-refractivity contribution in [2.24, 2.45) is 0 Å². The molecule has 4 nitrogen and oxygen atoms in total. The predicted octanol–water partition coefficient (Wildman–Crippen LogP) is 2.57. The fraction of sp³-hybridized carbons (Fsp3) is 0.0714. The summed E-state index contributed by atoms with van der Waals surface area (Å²) in [5.41, 5.74) is 4.60. The first-order valence-corrected chi connectivity index (χ1v) is 10.6. The summed E-state index contributed by atoms with van der Waals surface area (Å²) in [5.74, 6) is 0.742. The van der Waals surface area contributed by atoms with Crippen molar-refractivity contribution in [3.8, 4) is 5.75 Å². The maximum absolute atomic E-state index is 13.5. The summed E-state index contributed by atoms with van der Waals surface area (Å²) in [6, 6.07) is 28.0. The van der Waals surface area contributed by atoms with Gasteiger partial charge in [-0.25, -0.2) is 0 Å². The number of nitrogens with one attached hydrogen (secondary N) is 1. The molecule has 164 valence electrons. The van der Waals surface area contributed by atoms with Gasteiger partial charge < -0.3 is 26.7 Å². The number of ether oxygens (including phenoxy) is 1. The maximum Gasteiger partial charge on any atom is 0.277 e. The molecule has 0 saturated carbocycles. The first-order chi connectivity index (χ1) is 15.7. The Kier molecular flexibility index (Phi) is 6.71. The number of allylic oxidation sites excluding steroid dienone is 1. The number of benzene rings is 3. The molecule has 0 aliphatic carbocycles. The number of halogens is 1. The molecule has 0 amide bonds. The van der Waals surface area contributed by atoms with Crippen molar-refractivity contribution in [1.82, 2.24) is 4.98 Å². The zero-order valence-corrected chi connectivity index (χ0v) is 19.7. The number of aromatic nitrogens is 2. The molecular weight excluding hydrogens is 476 g/mol. The smallest absolute Gasteiger partial charge is 0.277 e. The van der Waals surface area contributed by atoms with Crippen LogP contribution in [0.2, 0.25) is 0 Å². The summed E-state index contributed by atoms with van der Waals surface area (Å²) in [4.78, 5) is 17.0. The predicted molar refractivity (Wildman–Crippen MR) is 128 cm³/mol. The normalized spacial score (nSPS) is 11.1. The van der Waals surface area contributed by atoms with Crippen molar-refractivity contribution in [2.45, 2.75) is 6.54 Å². The second kappa shape index (κ2) is 9.84. The van der Waals surface area contributed by atoms with Crippen LogP contribution in [0.5, 0.6) is 5.75 Å².